The average molecular weight is 417 g/mol. The molecular formula is C23H20N4O2S. The van der Waals surface area contributed by atoms with Crippen LogP contribution in [-0.4, -0.2) is 33.1 Å². The van der Waals surface area contributed by atoms with Gasteiger partial charge in [0.1, 0.15) is 11.0 Å². The number of hydrogen-bond donors (Lipinski definition) is 0. The van der Waals surface area contributed by atoms with Crippen LogP contribution in [0.4, 0.5) is 0 Å². The quantitative estimate of drug-likeness (QED) is 0.312. The van der Waals surface area contributed by atoms with E-state index >= 15 is 0 Å². The van der Waals surface area contributed by atoms with Crippen molar-refractivity contribution in [2.75, 3.05) is 7.11 Å². The van der Waals surface area contributed by atoms with Crippen molar-refractivity contribution in [2.45, 2.75) is 17.0 Å². The summed E-state index contributed by atoms with van der Waals surface area (Å²) in [6, 6.07) is 26.8. The molecule has 1 aromatic heterocycles. The first-order chi connectivity index (χ1) is 14.7. The predicted octanol–water partition coefficient (Wildman–Crippen LogP) is 4.45. The van der Waals surface area contributed by atoms with Gasteiger partial charge in [0.25, 0.3) is 0 Å². The third-order valence-corrected chi connectivity index (χ3v) is 5.84. The Labute approximate surface area is 178 Å². The Kier molecular flexibility index (Phi) is 6.20. The minimum Gasteiger partial charge on any atom is -0.497 e. The van der Waals surface area contributed by atoms with Gasteiger partial charge in [0.2, 0.25) is 5.16 Å². The van der Waals surface area contributed by atoms with E-state index in [1.165, 1.54) is 11.8 Å². The van der Waals surface area contributed by atoms with Crippen LogP contribution in [0, 0.1) is 0 Å². The van der Waals surface area contributed by atoms with Crippen LogP contribution in [0.15, 0.2) is 90.1 Å². The summed E-state index contributed by atoms with van der Waals surface area (Å²) in [5.41, 5.74) is 2.61. The molecule has 6 nitrogen and oxygen atoms in total. The molecule has 1 atom stereocenters. The van der Waals surface area contributed by atoms with Crippen LogP contribution in [0.2, 0.25) is 0 Å². The van der Waals surface area contributed by atoms with Crippen LogP contribution >= 0.6 is 11.8 Å². The number of rotatable bonds is 8. The van der Waals surface area contributed by atoms with Crippen LogP contribution in [0.1, 0.15) is 26.7 Å². The Bertz CT molecular complexity index is 1100. The topological polar surface area (TPSA) is 69.9 Å². The third kappa shape index (κ3) is 4.58. The summed E-state index contributed by atoms with van der Waals surface area (Å²) < 4.78 is 6.92. The second-order valence-corrected chi connectivity index (χ2v) is 7.68. The lowest BCUT2D eigenvalue weighted by Gasteiger charge is -2.16. The largest absolute Gasteiger partial charge is 0.497 e. The molecule has 0 aliphatic rings. The van der Waals surface area contributed by atoms with Gasteiger partial charge in [-0.25, -0.2) is 4.68 Å². The van der Waals surface area contributed by atoms with Crippen molar-refractivity contribution in [3.63, 3.8) is 0 Å². The molecule has 4 aromatic rings. The van der Waals surface area contributed by atoms with Gasteiger partial charge in [0.15, 0.2) is 5.78 Å². The van der Waals surface area contributed by atoms with Crippen molar-refractivity contribution in [2.24, 2.45) is 0 Å². The number of aromatic nitrogens is 4. The molecule has 0 amide bonds. The van der Waals surface area contributed by atoms with E-state index < -0.39 is 5.25 Å². The van der Waals surface area contributed by atoms with Gasteiger partial charge in [-0.3, -0.25) is 4.79 Å². The summed E-state index contributed by atoms with van der Waals surface area (Å²) in [5.74, 6) is 0.813. The number of thioether (sulfide) groups is 1. The molecule has 0 saturated carbocycles. The lowest BCUT2D eigenvalue weighted by atomic mass is 10.0. The zero-order valence-electron chi connectivity index (χ0n) is 16.4. The second-order valence-electron chi connectivity index (χ2n) is 6.61. The molecular weight excluding hydrogens is 396 g/mol. The molecule has 1 unspecified atom stereocenters. The molecule has 0 saturated heterocycles. The summed E-state index contributed by atoms with van der Waals surface area (Å²) in [7, 11) is 1.64. The van der Waals surface area contributed by atoms with E-state index in [0.717, 1.165) is 16.9 Å². The number of nitrogens with zero attached hydrogens (tertiary/aromatic N) is 4. The normalized spacial score (nSPS) is 11.8. The molecule has 0 bridgehead atoms. The Hall–Kier alpha value is -3.45. The number of carbonyl (C=O) groups is 1. The fraction of sp³-hybridized carbons (Fsp3) is 0.130. The molecule has 1 heterocycles. The van der Waals surface area contributed by atoms with E-state index in [4.69, 9.17) is 4.74 Å². The van der Waals surface area contributed by atoms with Crippen LogP contribution in [-0.2, 0) is 6.54 Å². The van der Waals surface area contributed by atoms with E-state index in [0.29, 0.717) is 17.3 Å². The Morgan fingerprint density at radius 2 is 1.63 bits per heavy atom. The Balaban J connectivity index is 1.61. The summed E-state index contributed by atoms with van der Waals surface area (Å²) in [6.45, 7) is 0.500. The fourth-order valence-electron chi connectivity index (χ4n) is 3.04. The summed E-state index contributed by atoms with van der Waals surface area (Å²) in [6.07, 6.45) is 0. The third-order valence-electron chi connectivity index (χ3n) is 4.61. The van der Waals surface area contributed by atoms with Crippen LogP contribution in [0.5, 0.6) is 5.75 Å². The highest BCUT2D eigenvalue weighted by atomic mass is 32.2. The summed E-state index contributed by atoms with van der Waals surface area (Å²) in [5, 5.41) is 12.3. The minimum atomic E-state index is -0.450. The van der Waals surface area contributed by atoms with Crippen molar-refractivity contribution in [1.29, 1.82) is 0 Å². The monoisotopic (exact) mass is 416 g/mol. The molecule has 4 rings (SSSR count). The molecule has 7 heteroatoms. The highest BCUT2D eigenvalue weighted by molar-refractivity contribution is 8.00. The van der Waals surface area contributed by atoms with Crippen LogP contribution in [0.3, 0.4) is 0 Å². The molecule has 0 aliphatic heterocycles. The first-order valence-electron chi connectivity index (χ1n) is 9.44. The summed E-state index contributed by atoms with van der Waals surface area (Å²) >= 11 is 1.36. The number of hydrogen-bond acceptors (Lipinski definition) is 6. The van der Waals surface area contributed by atoms with E-state index in [-0.39, 0.29) is 5.78 Å². The van der Waals surface area contributed by atoms with E-state index in [9.17, 15) is 4.79 Å². The lowest BCUT2D eigenvalue weighted by molar-refractivity contribution is 0.0989. The van der Waals surface area contributed by atoms with Crippen molar-refractivity contribution in [1.82, 2.24) is 20.2 Å². The van der Waals surface area contributed by atoms with E-state index in [2.05, 4.69) is 15.5 Å². The molecule has 0 aliphatic carbocycles. The number of tetrazole rings is 1. The standard InChI is InChI=1S/C23H20N4O2S/c1-29-20-14-12-17(13-15-20)16-27-23(24-25-26-27)30-22(19-10-6-3-7-11-19)21(28)18-8-4-2-5-9-18/h2-15,22H,16H2,1H3. The summed E-state index contributed by atoms with van der Waals surface area (Å²) in [4.78, 5) is 13.3. The molecule has 0 spiro atoms. The predicted molar refractivity (Wildman–Crippen MR) is 116 cm³/mol. The first kappa shape index (κ1) is 19.8. The SMILES string of the molecule is COc1ccc(Cn2nnnc2SC(C(=O)c2ccccc2)c2ccccc2)cc1. The fourth-order valence-corrected chi connectivity index (χ4v) is 4.10. The van der Waals surface area contributed by atoms with Gasteiger partial charge in [-0.05, 0) is 33.7 Å². The molecule has 0 radical (unpaired) electrons. The zero-order chi connectivity index (χ0) is 20.8. The molecule has 3 aromatic carbocycles. The van der Waals surface area contributed by atoms with Crippen molar-refractivity contribution in [3.8, 4) is 5.75 Å². The second kappa shape index (κ2) is 9.37. The molecule has 30 heavy (non-hydrogen) atoms. The maximum atomic E-state index is 13.3. The Morgan fingerprint density at radius 1 is 0.967 bits per heavy atom. The maximum Gasteiger partial charge on any atom is 0.210 e. The van der Waals surface area contributed by atoms with Gasteiger partial charge in [0, 0.05) is 5.56 Å². The highest BCUT2D eigenvalue weighted by Gasteiger charge is 2.26. The number of ketones is 1. The number of methoxy groups -OCH3 is 1. The van der Waals surface area contributed by atoms with Gasteiger partial charge < -0.3 is 4.74 Å². The molecule has 0 fully saturated rings. The zero-order valence-corrected chi connectivity index (χ0v) is 17.2. The van der Waals surface area contributed by atoms with Crippen molar-refractivity contribution < 1.29 is 9.53 Å². The van der Waals surface area contributed by atoms with Crippen molar-refractivity contribution >= 4 is 17.5 Å². The van der Waals surface area contributed by atoms with Crippen molar-refractivity contribution in [3.05, 3.63) is 102 Å². The number of carbonyl (C=O) groups excluding carboxylic acids is 1. The highest BCUT2D eigenvalue weighted by Crippen LogP contribution is 2.36. The van der Waals surface area contributed by atoms with E-state index in [1.54, 1.807) is 11.8 Å². The van der Waals surface area contributed by atoms with Crippen LogP contribution < -0.4 is 4.74 Å². The molecule has 150 valence electrons. The first-order valence-corrected chi connectivity index (χ1v) is 10.3. The van der Waals surface area contributed by atoms with Gasteiger partial charge >= 0.3 is 0 Å². The Morgan fingerprint density at radius 3 is 2.30 bits per heavy atom. The number of benzene rings is 3. The smallest absolute Gasteiger partial charge is 0.210 e. The minimum absolute atomic E-state index is 0.0193. The maximum absolute atomic E-state index is 13.3. The van der Waals surface area contributed by atoms with Gasteiger partial charge in [0.05, 0.1) is 13.7 Å². The average Bonchev–Trinajstić information content (AvgIpc) is 3.25. The van der Waals surface area contributed by atoms with Crippen LogP contribution in [0.25, 0.3) is 0 Å². The van der Waals surface area contributed by atoms with Gasteiger partial charge in [-0.2, -0.15) is 0 Å². The lowest BCUT2D eigenvalue weighted by Crippen LogP contribution is -2.12. The van der Waals surface area contributed by atoms with Gasteiger partial charge in [-0.1, -0.05) is 84.6 Å². The van der Waals surface area contributed by atoms with Gasteiger partial charge in [-0.15, -0.1) is 5.10 Å². The number of Topliss-reactive ketones (excluding diaryl/α,β-unsaturated/α-hetero) is 1. The van der Waals surface area contributed by atoms with E-state index in [1.807, 2.05) is 84.9 Å². The molecule has 0 N–H and O–H groups in total. The number of ether oxygens (including phenoxy) is 1.